The SMILES string of the molecule is Cc1nnc([C@H]2C[C@H](O)CN2C(=O)NC2(c3ccc(C(F)(F)F)cc3)CC2)n1Cc1ccc(Cl)cc1. The molecule has 2 atom stereocenters. The van der Waals surface area contributed by atoms with Crippen molar-refractivity contribution in [1.29, 1.82) is 0 Å². The van der Waals surface area contributed by atoms with Crippen LogP contribution in [0.3, 0.4) is 0 Å². The number of carbonyl (C=O) groups is 1. The van der Waals surface area contributed by atoms with Crippen molar-refractivity contribution >= 4 is 17.6 Å². The summed E-state index contributed by atoms with van der Waals surface area (Å²) in [7, 11) is 0. The first-order valence-corrected chi connectivity index (χ1v) is 12.0. The molecule has 1 saturated heterocycles. The fraction of sp³-hybridized carbons (Fsp3) is 0.400. The zero-order valence-electron chi connectivity index (χ0n) is 19.5. The molecule has 2 aliphatic rings. The number of β-amino-alcohol motifs (C(OH)–C–C–N with tert-alkyl or cyclic N) is 1. The molecule has 190 valence electrons. The minimum atomic E-state index is -4.42. The van der Waals surface area contributed by atoms with E-state index in [0.717, 1.165) is 17.7 Å². The number of likely N-dealkylation sites (tertiary alicyclic amines) is 1. The van der Waals surface area contributed by atoms with Crippen molar-refractivity contribution in [2.75, 3.05) is 6.54 Å². The van der Waals surface area contributed by atoms with E-state index in [9.17, 15) is 23.1 Å². The van der Waals surface area contributed by atoms with Crippen LogP contribution in [0.4, 0.5) is 18.0 Å². The van der Waals surface area contributed by atoms with Crippen molar-refractivity contribution in [3.8, 4) is 0 Å². The lowest BCUT2D eigenvalue weighted by molar-refractivity contribution is -0.137. The minimum Gasteiger partial charge on any atom is -0.391 e. The van der Waals surface area contributed by atoms with Crippen LogP contribution in [0.15, 0.2) is 48.5 Å². The van der Waals surface area contributed by atoms with Crippen LogP contribution in [0.5, 0.6) is 0 Å². The summed E-state index contributed by atoms with van der Waals surface area (Å²) in [6.45, 7) is 2.42. The number of aliphatic hydroxyl groups excluding tert-OH is 1. The van der Waals surface area contributed by atoms with Gasteiger partial charge in [0.2, 0.25) is 0 Å². The molecule has 2 fully saturated rings. The van der Waals surface area contributed by atoms with Crippen LogP contribution in [-0.4, -0.2) is 43.5 Å². The second-order valence-electron chi connectivity index (χ2n) is 9.46. The van der Waals surface area contributed by atoms with E-state index in [4.69, 9.17) is 11.6 Å². The van der Waals surface area contributed by atoms with Gasteiger partial charge in [-0.15, -0.1) is 10.2 Å². The Morgan fingerprint density at radius 3 is 2.42 bits per heavy atom. The molecule has 1 aliphatic heterocycles. The highest BCUT2D eigenvalue weighted by Gasteiger charge is 2.48. The Kier molecular flexibility index (Phi) is 6.20. The second kappa shape index (κ2) is 9.08. The zero-order valence-corrected chi connectivity index (χ0v) is 20.2. The first-order valence-electron chi connectivity index (χ1n) is 11.6. The number of amides is 2. The van der Waals surface area contributed by atoms with Crippen LogP contribution in [0.2, 0.25) is 5.02 Å². The van der Waals surface area contributed by atoms with Crippen molar-refractivity contribution < 1.29 is 23.1 Å². The number of alkyl halides is 3. The van der Waals surface area contributed by atoms with Crippen LogP contribution >= 0.6 is 11.6 Å². The lowest BCUT2D eigenvalue weighted by Crippen LogP contribution is -2.45. The van der Waals surface area contributed by atoms with Gasteiger partial charge in [-0.25, -0.2) is 4.79 Å². The van der Waals surface area contributed by atoms with Gasteiger partial charge < -0.3 is 19.9 Å². The third-order valence-corrected chi connectivity index (χ3v) is 7.17. The third kappa shape index (κ3) is 4.79. The summed E-state index contributed by atoms with van der Waals surface area (Å²) in [6, 6.07) is 11.4. The van der Waals surface area contributed by atoms with E-state index in [0.29, 0.717) is 48.0 Å². The highest BCUT2D eigenvalue weighted by atomic mass is 35.5. The zero-order chi connectivity index (χ0) is 25.7. The summed E-state index contributed by atoms with van der Waals surface area (Å²) in [6.07, 6.45) is -3.60. The molecule has 0 spiro atoms. The number of aliphatic hydroxyl groups is 1. The van der Waals surface area contributed by atoms with Crippen LogP contribution in [-0.2, 0) is 18.3 Å². The molecule has 2 N–H and O–H groups in total. The Labute approximate surface area is 210 Å². The number of carbonyl (C=O) groups excluding carboxylic acids is 1. The third-order valence-electron chi connectivity index (χ3n) is 6.92. The molecule has 1 saturated carbocycles. The Balaban J connectivity index is 1.36. The Morgan fingerprint density at radius 1 is 1.14 bits per heavy atom. The molecule has 2 heterocycles. The number of urea groups is 1. The van der Waals surface area contributed by atoms with Crippen LogP contribution in [0.1, 0.15) is 53.6 Å². The molecule has 0 unspecified atom stereocenters. The maximum atomic E-state index is 13.4. The smallest absolute Gasteiger partial charge is 0.391 e. The molecular weight excluding hydrogens is 495 g/mol. The van der Waals surface area contributed by atoms with Gasteiger partial charge in [0.15, 0.2) is 5.82 Å². The topological polar surface area (TPSA) is 83.3 Å². The Hall–Kier alpha value is -3.11. The molecule has 0 bridgehead atoms. The molecular formula is C25H25ClF3N5O2. The highest BCUT2D eigenvalue weighted by Crippen LogP contribution is 2.46. The Bertz CT molecular complexity index is 1260. The molecule has 3 aromatic rings. The van der Waals surface area contributed by atoms with Gasteiger partial charge in [-0.2, -0.15) is 13.2 Å². The van der Waals surface area contributed by atoms with E-state index in [1.165, 1.54) is 17.0 Å². The van der Waals surface area contributed by atoms with Gasteiger partial charge in [-0.1, -0.05) is 35.9 Å². The molecule has 36 heavy (non-hydrogen) atoms. The number of aromatic nitrogens is 3. The van der Waals surface area contributed by atoms with Gasteiger partial charge in [0, 0.05) is 18.0 Å². The van der Waals surface area contributed by atoms with Crippen molar-refractivity contribution in [2.24, 2.45) is 0 Å². The van der Waals surface area contributed by atoms with Gasteiger partial charge in [0.05, 0.1) is 29.8 Å². The van der Waals surface area contributed by atoms with E-state index in [2.05, 4.69) is 15.5 Å². The average Bonchev–Trinajstić information content (AvgIpc) is 3.38. The number of nitrogens with one attached hydrogen (secondary N) is 1. The molecule has 1 aliphatic carbocycles. The molecule has 5 rings (SSSR count). The second-order valence-corrected chi connectivity index (χ2v) is 9.90. The van der Waals surface area contributed by atoms with Gasteiger partial charge in [-0.3, -0.25) is 0 Å². The molecule has 11 heteroatoms. The predicted molar refractivity (Wildman–Crippen MR) is 126 cm³/mol. The maximum Gasteiger partial charge on any atom is 0.416 e. The average molecular weight is 520 g/mol. The standard InChI is InChI=1S/C25H25ClF3N5O2/c1-15-31-32-22(33(15)13-16-2-8-19(26)9-3-16)21-12-20(35)14-34(21)23(36)30-24(10-11-24)17-4-6-18(7-5-17)25(27,28)29/h2-9,20-21,35H,10-14H2,1H3,(H,30,36)/t20-,21+/m0/s1. The van der Waals surface area contributed by atoms with Gasteiger partial charge >= 0.3 is 12.2 Å². The molecule has 1 aromatic heterocycles. The molecule has 2 aromatic carbocycles. The van der Waals surface area contributed by atoms with Crippen LogP contribution in [0.25, 0.3) is 0 Å². The summed E-state index contributed by atoms with van der Waals surface area (Å²) in [5, 5.41) is 22.6. The van der Waals surface area contributed by atoms with Gasteiger partial charge in [0.1, 0.15) is 5.82 Å². The monoisotopic (exact) mass is 519 g/mol. The minimum absolute atomic E-state index is 0.118. The van der Waals surface area contributed by atoms with Crippen molar-refractivity contribution in [1.82, 2.24) is 25.0 Å². The summed E-state index contributed by atoms with van der Waals surface area (Å²) in [5.74, 6) is 1.23. The van der Waals surface area contributed by atoms with Crippen molar-refractivity contribution in [3.05, 3.63) is 81.9 Å². The summed E-state index contributed by atoms with van der Waals surface area (Å²) in [5.41, 5.74) is 0.164. The number of rotatable bonds is 5. The predicted octanol–water partition coefficient (Wildman–Crippen LogP) is 4.81. The van der Waals surface area contributed by atoms with Crippen molar-refractivity contribution in [3.63, 3.8) is 0 Å². The molecule has 0 radical (unpaired) electrons. The first-order chi connectivity index (χ1) is 17.1. The number of hydrogen-bond acceptors (Lipinski definition) is 4. The first kappa shape index (κ1) is 24.6. The van der Waals surface area contributed by atoms with E-state index in [1.807, 2.05) is 23.6 Å². The van der Waals surface area contributed by atoms with E-state index in [1.54, 1.807) is 12.1 Å². The van der Waals surface area contributed by atoms with E-state index < -0.39 is 35.5 Å². The van der Waals surface area contributed by atoms with Gasteiger partial charge in [-0.05, 0) is 55.2 Å². The van der Waals surface area contributed by atoms with E-state index in [-0.39, 0.29) is 6.54 Å². The fourth-order valence-corrected chi connectivity index (χ4v) is 4.89. The van der Waals surface area contributed by atoms with Gasteiger partial charge in [0.25, 0.3) is 0 Å². The van der Waals surface area contributed by atoms with Crippen LogP contribution < -0.4 is 5.32 Å². The number of hydrogen-bond donors (Lipinski definition) is 2. The summed E-state index contributed by atoms with van der Waals surface area (Å²) in [4.78, 5) is 14.9. The molecule has 2 amide bonds. The number of nitrogens with zero attached hydrogens (tertiary/aromatic N) is 4. The number of benzene rings is 2. The normalized spacial score (nSPS) is 21.0. The largest absolute Gasteiger partial charge is 0.416 e. The summed E-state index contributed by atoms with van der Waals surface area (Å²) >= 11 is 6.00. The lowest BCUT2D eigenvalue weighted by atomic mass is 10.0. The van der Waals surface area contributed by atoms with Crippen LogP contribution in [0, 0.1) is 6.92 Å². The quantitative estimate of drug-likeness (QED) is 0.506. The molecule has 7 nitrogen and oxygen atoms in total. The summed E-state index contributed by atoms with van der Waals surface area (Å²) < 4.78 is 40.8. The highest BCUT2D eigenvalue weighted by molar-refractivity contribution is 6.30. The lowest BCUT2D eigenvalue weighted by Gasteiger charge is -2.28. The number of aryl methyl sites for hydroxylation is 1. The van der Waals surface area contributed by atoms with Crippen molar-refractivity contribution in [2.45, 2.75) is 56.6 Å². The number of halogens is 4. The maximum absolute atomic E-state index is 13.4. The fourth-order valence-electron chi connectivity index (χ4n) is 4.76. The Morgan fingerprint density at radius 2 is 1.81 bits per heavy atom. The van der Waals surface area contributed by atoms with E-state index >= 15 is 0 Å².